The van der Waals surface area contributed by atoms with Gasteiger partial charge in [-0.3, -0.25) is 0 Å². The predicted molar refractivity (Wildman–Crippen MR) is 64.1 cm³/mol. The van der Waals surface area contributed by atoms with Crippen LogP contribution in [0, 0.1) is 0 Å². The van der Waals surface area contributed by atoms with Crippen LogP contribution in [0.2, 0.25) is 5.32 Å². The molecule has 1 heterocycles. The van der Waals surface area contributed by atoms with E-state index in [0.29, 0.717) is 12.2 Å². The number of carbonyl (C=O) groups is 1. The summed E-state index contributed by atoms with van der Waals surface area (Å²) in [6.45, 7) is 1.43. The fraction of sp³-hybridized carbons (Fsp3) is 0.417. The number of hydrogen-bond acceptors (Lipinski definition) is 4. The summed E-state index contributed by atoms with van der Waals surface area (Å²) >= 11 is 0.234. The number of phenols is 1. The number of carbonyl (C=O) groups excluding carboxylic acids is 1. The van der Waals surface area contributed by atoms with Gasteiger partial charge in [-0.2, -0.15) is 0 Å². The zero-order valence-electron chi connectivity index (χ0n) is 9.73. The molecule has 5 heteroatoms. The fourth-order valence-corrected chi connectivity index (χ4v) is 4.10. The van der Waals surface area contributed by atoms with Gasteiger partial charge in [-0.1, -0.05) is 0 Å². The van der Waals surface area contributed by atoms with Crippen LogP contribution in [0.25, 0.3) is 0 Å². The van der Waals surface area contributed by atoms with Crippen molar-refractivity contribution in [1.29, 1.82) is 0 Å². The summed E-state index contributed by atoms with van der Waals surface area (Å²) in [7, 11) is 1.53. The summed E-state index contributed by atoms with van der Waals surface area (Å²) in [4.78, 5) is 10.9. The number of phenolic OH excluding ortho intramolecular Hbond substituents is 1. The average molecular weight is 301 g/mol. The first-order valence-corrected chi connectivity index (χ1v) is 7.37. The molecule has 1 N–H and O–H groups in total. The minimum absolute atomic E-state index is 0.0331. The van der Waals surface area contributed by atoms with Crippen molar-refractivity contribution in [1.82, 2.24) is 0 Å². The van der Waals surface area contributed by atoms with Gasteiger partial charge in [0, 0.05) is 0 Å². The molecule has 0 saturated heterocycles. The standard InChI is InChI=1S/C12H14O4Se/c1-7(13)16-9-3-8-4-11(15-2)10(14)5-12(8)17-6-9/h4-5,9,14H,3,6H2,1-2H3. The Bertz CT molecular complexity index is 444. The summed E-state index contributed by atoms with van der Waals surface area (Å²) in [5.74, 6) is 0.419. The molecule has 1 aromatic carbocycles. The maximum atomic E-state index is 10.9. The van der Waals surface area contributed by atoms with E-state index in [0.717, 1.165) is 10.9 Å². The van der Waals surface area contributed by atoms with E-state index in [-0.39, 0.29) is 32.8 Å². The van der Waals surface area contributed by atoms with Gasteiger partial charge in [0.15, 0.2) is 0 Å². The molecule has 1 aliphatic rings. The second-order valence-corrected chi connectivity index (χ2v) is 6.11. The van der Waals surface area contributed by atoms with Crippen LogP contribution >= 0.6 is 0 Å². The van der Waals surface area contributed by atoms with Crippen LogP contribution in [-0.2, 0) is 16.0 Å². The van der Waals surface area contributed by atoms with Crippen molar-refractivity contribution in [3.05, 3.63) is 17.7 Å². The Morgan fingerprint density at radius 2 is 2.29 bits per heavy atom. The molecule has 0 radical (unpaired) electrons. The van der Waals surface area contributed by atoms with Crippen LogP contribution < -0.4 is 9.20 Å². The minimum atomic E-state index is -0.236. The molecule has 1 aromatic rings. The summed E-state index contributed by atoms with van der Waals surface area (Å²) in [6, 6.07) is 3.60. The number of rotatable bonds is 2. The Kier molecular flexibility index (Phi) is 3.60. The predicted octanol–water partition coefficient (Wildman–Crippen LogP) is 0.636. The van der Waals surface area contributed by atoms with Crippen LogP contribution in [0.15, 0.2) is 12.1 Å². The van der Waals surface area contributed by atoms with Gasteiger partial charge in [-0.25, -0.2) is 0 Å². The molecule has 4 nitrogen and oxygen atoms in total. The summed E-state index contributed by atoms with van der Waals surface area (Å²) in [5, 5.41) is 10.5. The van der Waals surface area contributed by atoms with E-state index in [4.69, 9.17) is 9.47 Å². The van der Waals surface area contributed by atoms with E-state index in [2.05, 4.69) is 0 Å². The number of ether oxygens (including phenoxy) is 2. The third-order valence-electron chi connectivity index (χ3n) is 2.57. The maximum absolute atomic E-state index is 10.9. The molecular formula is C12H14O4Se. The van der Waals surface area contributed by atoms with Gasteiger partial charge in [0.05, 0.1) is 0 Å². The van der Waals surface area contributed by atoms with Crippen molar-refractivity contribution in [2.45, 2.75) is 24.8 Å². The molecule has 0 bridgehead atoms. The van der Waals surface area contributed by atoms with Crippen molar-refractivity contribution in [2.24, 2.45) is 0 Å². The number of esters is 1. The molecule has 0 spiro atoms. The third-order valence-corrected chi connectivity index (χ3v) is 5.15. The molecule has 2 rings (SSSR count). The van der Waals surface area contributed by atoms with Crippen LogP contribution in [0.4, 0.5) is 0 Å². The Labute approximate surface area is 106 Å². The molecule has 0 fully saturated rings. The Hall–Kier alpha value is -1.19. The number of methoxy groups -OCH3 is 1. The van der Waals surface area contributed by atoms with E-state index in [1.165, 1.54) is 18.5 Å². The topological polar surface area (TPSA) is 55.8 Å². The fourth-order valence-electron chi connectivity index (χ4n) is 1.85. The van der Waals surface area contributed by atoms with E-state index < -0.39 is 0 Å². The first-order chi connectivity index (χ1) is 8.10. The second-order valence-electron chi connectivity index (χ2n) is 3.88. The van der Waals surface area contributed by atoms with Crippen molar-refractivity contribution in [3.63, 3.8) is 0 Å². The third kappa shape index (κ3) is 2.73. The van der Waals surface area contributed by atoms with E-state index in [1.807, 2.05) is 6.07 Å². The number of benzene rings is 1. The van der Waals surface area contributed by atoms with Gasteiger partial charge >= 0.3 is 106 Å². The summed E-state index contributed by atoms with van der Waals surface area (Å²) in [6.07, 6.45) is 0.669. The van der Waals surface area contributed by atoms with Crippen LogP contribution in [0.1, 0.15) is 12.5 Å². The van der Waals surface area contributed by atoms with Crippen molar-refractivity contribution in [2.75, 3.05) is 7.11 Å². The van der Waals surface area contributed by atoms with Gasteiger partial charge in [-0.05, 0) is 0 Å². The molecule has 17 heavy (non-hydrogen) atoms. The zero-order valence-corrected chi connectivity index (χ0v) is 11.4. The molecule has 0 amide bonds. The molecule has 0 aliphatic carbocycles. The van der Waals surface area contributed by atoms with E-state index in [1.54, 1.807) is 6.07 Å². The van der Waals surface area contributed by atoms with E-state index >= 15 is 0 Å². The first-order valence-electron chi connectivity index (χ1n) is 5.30. The molecule has 1 unspecified atom stereocenters. The molecule has 1 aliphatic heterocycles. The van der Waals surface area contributed by atoms with Gasteiger partial charge in [0.2, 0.25) is 0 Å². The Morgan fingerprint density at radius 1 is 1.53 bits per heavy atom. The monoisotopic (exact) mass is 302 g/mol. The number of fused-ring (bicyclic) bond motifs is 1. The van der Waals surface area contributed by atoms with Crippen LogP contribution in [0.3, 0.4) is 0 Å². The van der Waals surface area contributed by atoms with Crippen LogP contribution in [-0.4, -0.2) is 39.2 Å². The molecular weight excluding hydrogens is 287 g/mol. The van der Waals surface area contributed by atoms with Crippen molar-refractivity contribution >= 4 is 25.4 Å². The Balaban J connectivity index is 2.22. The number of hydrogen-bond donors (Lipinski definition) is 1. The zero-order chi connectivity index (χ0) is 12.4. The molecule has 0 aromatic heterocycles. The van der Waals surface area contributed by atoms with Gasteiger partial charge in [-0.15, -0.1) is 0 Å². The summed E-state index contributed by atoms with van der Waals surface area (Å²) in [5.41, 5.74) is 1.11. The number of aromatic hydroxyl groups is 1. The van der Waals surface area contributed by atoms with Crippen molar-refractivity contribution < 1.29 is 19.4 Å². The van der Waals surface area contributed by atoms with Crippen molar-refractivity contribution in [3.8, 4) is 11.5 Å². The van der Waals surface area contributed by atoms with Crippen LogP contribution in [0.5, 0.6) is 11.5 Å². The quantitative estimate of drug-likeness (QED) is 0.643. The normalized spacial score (nSPS) is 18.4. The first kappa shape index (κ1) is 12.3. The van der Waals surface area contributed by atoms with E-state index in [9.17, 15) is 9.90 Å². The van der Waals surface area contributed by atoms with Gasteiger partial charge < -0.3 is 0 Å². The summed E-state index contributed by atoms with van der Waals surface area (Å²) < 4.78 is 11.5. The molecule has 1 atom stereocenters. The molecule has 92 valence electrons. The molecule has 0 saturated carbocycles. The SMILES string of the molecule is COc1cc2c(cc1O)[Se]CC(OC(C)=O)C2. The van der Waals surface area contributed by atoms with Gasteiger partial charge in [0.1, 0.15) is 0 Å². The Morgan fingerprint density at radius 3 is 2.94 bits per heavy atom. The second kappa shape index (κ2) is 4.98. The average Bonchev–Trinajstić information content (AvgIpc) is 2.28. The van der Waals surface area contributed by atoms with Gasteiger partial charge in [0.25, 0.3) is 0 Å².